The number of fused-ring (bicyclic) bond motifs is 1. The van der Waals surface area contributed by atoms with Gasteiger partial charge >= 0.3 is 0 Å². The first kappa shape index (κ1) is 23.8. The summed E-state index contributed by atoms with van der Waals surface area (Å²) in [5.41, 5.74) is 1.07. The Kier molecular flexibility index (Phi) is 7.17. The molecule has 0 aliphatic heterocycles. The number of halogens is 1. The number of rotatable bonds is 6. The molecule has 8 nitrogen and oxygen atoms in total. The fourth-order valence-corrected chi connectivity index (χ4v) is 4.76. The van der Waals surface area contributed by atoms with Crippen LogP contribution in [-0.4, -0.2) is 34.5 Å². The molecule has 1 aliphatic carbocycles. The van der Waals surface area contributed by atoms with Crippen molar-refractivity contribution in [1.29, 1.82) is 0 Å². The number of carbonyl (C=O) groups excluding carboxylic acids is 2. The van der Waals surface area contributed by atoms with E-state index in [1.807, 2.05) is 6.07 Å². The molecular formula is C25H27ClN4O4. The topological polar surface area (TPSA) is 93.5 Å². The van der Waals surface area contributed by atoms with Gasteiger partial charge in [-0.05, 0) is 43.2 Å². The van der Waals surface area contributed by atoms with Crippen molar-refractivity contribution in [3.63, 3.8) is 0 Å². The van der Waals surface area contributed by atoms with E-state index in [0.29, 0.717) is 27.5 Å². The Morgan fingerprint density at radius 1 is 1.18 bits per heavy atom. The van der Waals surface area contributed by atoms with Gasteiger partial charge in [-0.25, -0.2) is 4.98 Å². The zero-order chi connectivity index (χ0) is 24.2. The van der Waals surface area contributed by atoms with Gasteiger partial charge in [-0.2, -0.15) is 0 Å². The van der Waals surface area contributed by atoms with Crippen LogP contribution in [0.5, 0.6) is 5.75 Å². The maximum Gasteiger partial charge on any atom is 0.294 e. The number of nitrogens with zero attached hydrogens (tertiary/aromatic N) is 3. The van der Waals surface area contributed by atoms with Crippen molar-refractivity contribution in [3.8, 4) is 5.75 Å². The molecule has 1 saturated carbocycles. The molecule has 34 heavy (non-hydrogen) atoms. The van der Waals surface area contributed by atoms with Crippen LogP contribution in [0.2, 0.25) is 5.02 Å². The van der Waals surface area contributed by atoms with E-state index in [9.17, 15) is 14.4 Å². The fourth-order valence-electron chi connectivity index (χ4n) is 4.50. The number of aromatic nitrogens is 2. The molecule has 1 aromatic heterocycles. The van der Waals surface area contributed by atoms with E-state index in [1.165, 1.54) is 23.5 Å². The quantitative estimate of drug-likeness (QED) is 0.562. The second-order valence-corrected chi connectivity index (χ2v) is 8.80. The van der Waals surface area contributed by atoms with Crippen LogP contribution in [0.1, 0.15) is 39.0 Å². The second kappa shape index (κ2) is 10.3. The molecule has 2 amide bonds. The number of para-hydroxylation sites is 2. The number of methoxy groups -OCH3 is 1. The summed E-state index contributed by atoms with van der Waals surface area (Å²) in [7, 11) is 1.51. The lowest BCUT2D eigenvalue weighted by molar-refractivity contribution is -0.117. The molecule has 1 aliphatic rings. The third-order valence-electron chi connectivity index (χ3n) is 6.08. The summed E-state index contributed by atoms with van der Waals surface area (Å²) in [6.07, 6.45) is 4.78. The Bertz CT molecular complexity index is 1280. The molecule has 3 aromatic rings. The van der Waals surface area contributed by atoms with E-state index in [1.54, 1.807) is 36.4 Å². The average Bonchev–Trinajstić information content (AvgIpc) is 2.82. The number of ether oxygens (including phenoxy) is 1. The zero-order valence-electron chi connectivity index (χ0n) is 19.2. The van der Waals surface area contributed by atoms with Crippen molar-refractivity contribution in [2.24, 2.45) is 0 Å². The Balaban J connectivity index is 1.71. The number of nitrogens with one attached hydrogen (secondary N) is 1. The average molecular weight is 483 g/mol. The molecule has 4 rings (SSSR count). The number of hydrogen-bond acceptors (Lipinski definition) is 5. The van der Waals surface area contributed by atoms with Crippen molar-refractivity contribution in [1.82, 2.24) is 9.55 Å². The van der Waals surface area contributed by atoms with Gasteiger partial charge in [-0.1, -0.05) is 43.0 Å². The first-order valence-electron chi connectivity index (χ1n) is 11.3. The van der Waals surface area contributed by atoms with Gasteiger partial charge in [0.2, 0.25) is 17.6 Å². The minimum atomic E-state index is -0.470. The van der Waals surface area contributed by atoms with Crippen LogP contribution < -0.4 is 20.5 Å². The van der Waals surface area contributed by atoms with Crippen LogP contribution in [0, 0.1) is 0 Å². The summed E-state index contributed by atoms with van der Waals surface area (Å²) in [6, 6.07) is 11.9. The molecule has 1 fully saturated rings. The van der Waals surface area contributed by atoms with Crippen molar-refractivity contribution < 1.29 is 14.3 Å². The highest BCUT2D eigenvalue weighted by Gasteiger charge is 2.29. The van der Waals surface area contributed by atoms with E-state index in [-0.39, 0.29) is 24.3 Å². The summed E-state index contributed by atoms with van der Waals surface area (Å²) >= 11 is 6.16. The normalized spacial score (nSPS) is 14.1. The maximum atomic E-state index is 13.6. The summed E-state index contributed by atoms with van der Waals surface area (Å²) in [6.45, 7) is 1.21. The molecule has 0 saturated heterocycles. The molecule has 0 radical (unpaired) electrons. The molecular weight excluding hydrogens is 456 g/mol. The number of benzene rings is 2. The SMILES string of the molecule is COc1ccc(NC(=O)Cn2c(=O)c(N(C(C)=O)C3CCCCC3)nc3ccccc32)cc1Cl. The smallest absolute Gasteiger partial charge is 0.294 e. The summed E-state index contributed by atoms with van der Waals surface area (Å²) in [5.74, 6) is -0.0700. The third kappa shape index (κ3) is 4.92. The van der Waals surface area contributed by atoms with Crippen LogP contribution >= 0.6 is 11.6 Å². The maximum absolute atomic E-state index is 13.6. The van der Waals surface area contributed by atoms with Crippen molar-refractivity contribution >= 4 is 46.0 Å². The van der Waals surface area contributed by atoms with E-state index in [2.05, 4.69) is 10.3 Å². The first-order chi connectivity index (χ1) is 16.4. The molecule has 178 valence electrons. The number of amides is 2. The minimum absolute atomic E-state index is 0.0680. The summed E-state index contributed by atoms with van der Waals surface area (Å²) in [5, 5.41) is 3.13. The van der Waals surface area contributed by atoms with Crippen LogP contribution in [-0.2, 0) is 16.1 Å². The van der Waals surface area contributed by atoms with Gasteiger partial charge in [0.05, 0.1) is 23.2 Å². The highest BCUT2D eigenvalue weighted by molar-refractivity contribution is 6.32. The lowest BCUT2D eigenvalue weighted by Gasteiger charge is -2.32. The molecule has 9 heteroatoms. The Morgan fingerprint density at radius 3 is 2.59 bits per heavy atom. The van der Waals surface area contributed by atoms with E-state index in [4.69, 9.17) is 16.3 Å². The molecule has 0 atom stereocenters. The van der Waals surface area contributed by atoms with Gasteiger partial charge < -0.3 is 10.1 Å². The van der Waals surface area contributed by atoms with Gasteiger partial charge in [0.25, 0.3) is 5.56 Å². The number of carbonyl (C=O) groups is 2. The standard InChI is InChI=1S/C25H27ClN4O4/c1-16(31)30(18-8-4-3-5-9-18)24-25(33)29(21-11-7-6-10-20(21)28-24)15-23(32)27-17-12-13-22(34-2)19(26)14-17/h6-7,10-14,18H,3-5,8-9,15H2,1-2H3,(H,27,32). The molecule has 0 bridgehead atoms. The summed E-state index contributed by atoms with van der Waals surface area (Å²) in [4.78, 5) is 45.2. The van der Waals surface area contributed by atoms with Gasteiger partial charge in [0.15, 0.2) is 0 Å². The van der Waals surface area contributed by atoms with E-state index >= 15 is 0 Å². The Labute approximate surface area is 202 Å². The first-order valence-corrected chi connectivity index (χ1v) is 11.7. The fraction of sp³-hybridized carbons (Fsp3) is 0.360. The highest BCUT2D eigenvalue weighted by Crippen LogP contribution is 2.28. The van der Waals surface area contributed by atoms with Gasteiger partial charge in [0.1, 0.15) is 12.3 Å². The van der Waals surface area contributed by atoms with Crippen LogP contribution in [0.3, 0.4) is 0 Å². The second-order valence-electron chi connectivity index (χ2n) is 8.39. The molecule has 0 spiro atoms. The van der Waals surface area contributed by atoms with E-state index < -0.39 is 11.5 Å². The van der Waals surface area contributed by atoms with Crippen molar-refractivity contribution in [3.05, 3.63) is 57.8 Å². The monoisotopic (exact) mass is 482 g/mol. The molecule has 1 heterocycles. The Hall–Kier alpha value is -3.39. The van der Waals surface area contributed by atoms with Gasteiger partial charge in [0, 0.05) is 18.7 Å². The largest absolute Gasteiger partial charge is 0.495 e. The lowest BCUT2D eigenvalue weighted by Crippen LogP contribution is -2.45. The zero-order valence-corrected chi connectivity index (χ0v) is 20.0. The third-order valence-corrected chi connectivity index (χ3v) is 6.38. The van der Waals surface area contributed by atoms with Crippen molar-refractivity contribution in [2.45, 2.75) is 51.6 Å². The number of hydrogen-bond donors (Lipinski definition) is 1. The number of anilines is 2. The van der Waals surface area contributed by atoms with Crippen molar-refractivity contribution in [2.75, 3.05) is 17.3 Å². The van der Waals surface area contributed by atoms with Crippen LogP contribution in [0.4, 0.5) is 11.5 Å². The minimum Gasteiger partial charge on any atom is -0.495 e. The Morgan fingerprint density at radius 2 is 1.91 bits per heavy atom. The predicted octanol–water partition coefficient (Wildman–Crippen LogP) is 4.38. The summed E-state index contributed by atoms with van der Waals surface area (Å²) < 4.78 is 6.51. The van der Waals surface area contributed by atoms with Gasteiger partial charge in [-0.15, -0.1) is 0 Å². The van der Waals surface area contributed by atoms with Crippen LogP contribution in [0.15, 0.2) is 47.3 Å². The predicted molar refractivity (Wildman–Crippen MR) is 133 cm³/mol. The molecule has 2 aromatic carbocycles. The highest BCUT2D eigenvalue weighted by atomic mass is 35.5. The molecule has 0 unspecified atom stereocenters. The lowest BCUT2D eigenvalue weighted by atomic mass is 9.94. The van der Waals surface area contributed by atoms with Crippen LogP contribution in [0.25, 0.3) is 11.0 Å². The molecule has 1 N–H and O–H groups in total. The van der Waals surface area contributed by atoms with Gasteiger partial charge in [-0.3, -0.25) is 23.9 Å². The van der Waals surface area contributed by atoms with E-state index in [0.717, 1.165) is 32.1 Å².